The third kappa shape index (κ3) is 6.83. The van der Waals surface area contributed by atoms with Crippen LogP contribution in [0.4, 0.5) is 13.2 Å². The number of aromatic carboxylic acids is 1. The number of nitrogens with one attached hydrogen (secondary N) is 1. The van der Waals surface area contributed by atoms with Gasteiger partial charge in [-0.1, -0.05) is 24.3 Å². The summed E-state index contributed by atoms with van der Waals surface area (Å²) in [5.74, 6) is -3.99. The number of nitrogens with two attached hydrogens (primary N) is 1. The molecule has 3 rings (SSSR count). The molecule has 0 spiro atoms. The van der Waals surface area contributed by atoms with Crippen LogP contribution in [0.15, 0.2) is 68.6 Å². The van der Waals surface area contributed by atoms with Gasteiger partial charge in [0.25, 0.3) is 0 Å². The zero-order valence-corrected chi connectivity index (χ0v) is 20.1. The SMILES string of the molecule is CSc1sc(C(=N)N)cc1S(=O)(=O)c1cccc(-c2cccc(C(=O)O)c2)c1.O=C(O)C(F)(F)F. The van der Waals surface area contributed by atoms with E-state index in [9.17, 15) is 26.4 Å². The Bertz CT molecular complexity index is 1380. The molecule has 0 atom stereocenters. The Labute approximate surface area is 205 Å². The highest BCUT2D eigenvalue weighted by atomic mass is 32.2. The Hall–Kier alpha value is -3.36. The summed E-state index contributed by atoms with van der Waals surface area (Å²) in [5.41, 5.74) is 6.84. The van der Waals surface area contributed by atoms with Crippen LogP contribution in [0.2, 0.25) is 0 Å². The number of alkyl halides is 3. The van der Waals surface area contributed by atoms with E-state index < -0.39 is 28.0 Å². The van der Waals surface area contributed by atoms with E-state index in [0.717, 1.165) is 11.3 Å². The van der Waals surface area contributed by atoms with Gasteiger partial charge in [-0.2, -0.15) is 13.2 Å². The molecule has 5 N–H and O–H groups in total. The minimum Gasteiger partial charge on any atom is -0.478 e. The molecule has 35 heavy (non-hydrogen) atoms. The van der Waals surface area contributed by atoms with Gasteiger partial charge >= 0.3 is 18.1 Å². The van der Waals surface area contributed by atoms with Crippen molar-refractivity contribution < 1.29 is 41.4 Å². The fourth-order valence-electron chi connectivity index (χ4n) is 2.62. The zero-order valence-electron chi connectivity index (χ0n) is 17.7. The van der Waals surface area contributed by atoms with Crippen molar-refractivity contribution >= 4 is 50.7 Å². The van der Waals surface area contributed by atoms with Gasteiger partial charge in [-0.3, -0.25) is 5.41 Å². The van der Waals surface area contributed by atoms with E-state index in [2.05, 4.69) is 0 Å². The average molecular weight is 547 g/mol. The van der Waals surface area contributed by atoms with E-state index >= 15 is 0 Å². The van der Waals surface area contributed by atoms with Crippen molar-refractivity contribution in [3.8, 4) is 11.1 Å². The molecule has 0 aliphatic heterocycles. The number of hydrogen-bond acceptors (Lipinski definition) is 7. The van der Waals surface area contributed by atoms with Crippen LogP contribution in [0, 0.1) is 5.41 Å². The molecule has 8 nitrogen and oxygen atoms in total. The van der Waals surface area contributed by atoms with E-state index in [0.29, 0.717) is 20.2 Å². The molecule has 0 aliphatic carbocycles. The van der Waals surface area contributed by atoms with Gasteiger partial charge in [-0.15, -0.1) is 23.1 Å². The molecule has 1 aromatic heterocycles. The number of carbonyl (C=O) groups is 2. The van der Waals surface area contributed by atoms with Crippen molar-refractivity contribution in [3.05, 3.63) is 65.0 Å². The molecule has 0 saturated carbocycles. The maximum absolute atomic E-state index is 13.2. The van der Waals surface area contributed by atoms with E-state index in [4.69, 9.17) is 26.2 Å². The molecule has 2 aromatic carbocycles. The number of benzene rings is 2. The van der Waals surface area contributed by atoms with Crippen molar-refractivity contribution in [2.75, 3.05) is 6.26 Å². The fourth-order valence-corrected chi connectivity index (χ4v) is 6.52. The molecule has 0 saturated heterocycles. The van der Waals surface area contributed by atoms with E-state index in [1.165, 1.54) is 42.1 Å². The predicted octanol–water partition coefficient (Wildman–Crippen LogP) is 4.59. The van der Waals surface area contributed by atoms with Crippen LogP contribution in [0.25, 0.3) is 11.1 Å². The largest absolute Gasteiger partial charge is 0.490 e. The zero-order chi connectivity index (χ0) is 26.6. The maximum Gasteiger partial charge on any atom is 0.490 e. The molecule has 0 aliphatic rings. The van der Waals surface area contributed by atoms with Crippen molar-refractivity contribution in [2.45, 2.75) is 20.2 Å². The molecule has 186 valence electrons. The highest BCUT2D eigenvalue weighted by Crippen LogP contribution is 2.37. The van der Waals surface area contributed by atoms with Crippen LogP contribution in [-0.2, 0) is 14.6 Å². The van der Waals surface area contributed by atoms with Gasteiger partial charge in [0.05, 0.1) is 24.4 Å². The summed E-state index contributed by atoms with van der Waals surface area (Å²) in [6, 6.07) is 14.1. The second-order valence-corrected chi connectivity index (χ2v) is 10.6. The quantitative estimate of drug-likeness (QED) is 0.199. The summed E-state index contributed by atoms with van der Waals surface area (Å²) in [4.78, 5) is 20.7. The third-order valence-electron chi connectivity index (χ3n) is 4.24. The first kappa shape index (κ1) is 27.9. The fraction of sp³-hybridized carbons (Fsp3) is 0.0952. The summed E-state index contributed by atoms with van der Waals surface area (Å²) in [5, 5.41) is 23.9. The molecule has 0 radical (unpaired) electrons. The topological polar surface area (TPSA) is 159 Å². The lowest BCUT2D eigenvalue weighted by atomic mass is 10.0. The minimum atomic E-state index is -5.08. The van der Waals surface area contributed by atoms with Crippen LogP contribution < -0.4 is 5.73 Å². The summed E-state index contributed by atoms with van der Waals surface area (Å²) in [6.07, 6.45) is -3.32. The highest BCUT2D eigenvalue weighted by molar-refractivity contribution is 8.01. The average Bonchev–Trinajstić information content (AvgIpc) is 3.25. The number of halogens is 3. The molecule has 0 fully saturated rings. The summed E-state index contributed by atoms with van der Waals surface area (Å²) in [7, 11) is -3.83. The molecule has 0 amide bonds. The predicted molar refractivity (Wildman–Crippen MR) is 125 cm³/mol. The van der Waals surface area contributed by atoms with Crippen LogP contribution in [0.3, 0.4) is 0 Å². The maximum atomic E-state index is 13.2. The van der Waals surface area contributed by atoms with E-state index in [1.807, 2.05) is 0 Å². The van der Waals surface area contributed by atoms with Gasteiger partial charge in [0, 0.05) is 0 Å². The van der Waals surface area contributed by atoms with E-state index in [-0.39, 0.29) is 21.2 Å². The lowest BCUT2D eigenvalue weighted by Gasteiger charge is -2.08. The minimum absolute atomic E-state index is 0.0916. The summed E-state index contributed by atoms with van der Waals surface area (Å²) < 4.78 is 58.7. The van der Waals surface area contributed by atoms with Gasteiger partial charge in [-0.05, 0) is 47.7 Å². The number of nitrogen functional groups attached to an aromatic ring is 1. The lowest BCUT2D eigenvalue weighted by Crippen LogP contribution is -2.21. The number of sulfone groups is 1. The smallest absolute Gasteiger partial charge is 0.478 e. The second kappa shape index (κ2) is 10.9. The van der Waals surface area contributed by atoms with Gasteiger partial charge in [0.1, 0.15) is 5.84 Å². The normalized spacial score (nSPS) is 11.3. The second-order valence-electron chi connectivity index (χ2n) is 6.60. The number of thiophene rings is 1. The summed E-state index contributed by atoms with van der Waals surface area (Å²) in [6.45, 7) is 0. The van der Waals surface area contributed by atoms with Crippen LogP contribution in [-0.4, -0.2) is 48.8 Å². The molecule has 0 bridgehead atoms. The molecule has 0 unspecified atom stereocenters. The lowest BCUT2D eigenvalue weighted by molar-refractivity contribution is -0.192. The standard InChI is InChI=1S/C19H16N2O4S3.C2HF3O2/c1-26-19-16(10-15(27-19)17(20)21)28(24,25)14-7-3-5-12(9-14)11-4-2-6-13(8-11)18(22)23;3-2(4,5)1(6)7/h2-10H,1H3,(H3,20,21)(H,22,23);(H,6,7). The van der Waals surface area contributed by atoms with E-state index in [1.54, 1.807) is 30.5 Å². The number of aliphatic carboxylic acids is 1. The Kier molecular flexibility index (Phi) is 8.70. The number of thioether (sulfide) groups is 1. The van der Waals surface area contributed by atoms with Crippen molar-refractivity contribution in [3.63, 3.8) is 0 Å². The van der Waals surface area contributed by atoms with Crippen LogP contribution in [0.5, 0.6) is 0 Å². The van der Waals surface area contributed by atoms with Crippen LogP contribution in [0.1, 0.15) is 15.2 Å². The van der Waals surface area contributed by atoms with Crippen molar-refractivity contribution in [2.24, 2.45) is 5.73 Å². The first-order valence-corrected chi connectivity index (χ1v) is 12.7. The number of hydrogen-bond donors (Lipinski definition) is 4. The Morgan fingerprint density at radius 1 is 1.03 bits per heavy atom. The highest BCUT2D eigenvalue weighted by Gasteiger charge is 2.38. The molecule has 1 heterocycles. The van der Waals surface area contributed by atoms with Gasteiger partial charge in [0.15, 0.2) is 0 Å². The van der Waals surface area contributed by atoms with Crippen LogP contribution >= 0.6 is 23.1 Å². The molecular weight excluding hydrogens is 529 g/mol. The van der Waals surface area contributed by atoms with Gasteiger partial charge < -0.3 is 15.9 Å². The first-order valence-electron chi connectivity index (χ1n) is 9.19. The summed E-state index contributed by atoms with van der Waals surface area (Å²) >= 11 is 2.45. The number of carboxylic acids is 2. The Morgan fingerprint density at radius 3 is 2.06 bits per heavy atom. The monoisotopic (exact) mass is 546 g/mol. The molecular formula is C21H17F3N2O6S3. The van der Waals surface area contributed by atoms with Crippen molar-refractivity contribution in [1.82, 2.24) is 0 Å². The van der Waals surface area contributed by atoms with Crippen molar-refractivity contribution in [1.29, 1.82) is 5.41 Å². The Morgan fingerprint density at radius 2 is 1.57 bits per heavy atom. The van der Waals surface area contributed by atoms with Gasteiger partial charge in [0.2, 0.25) is 9.84 Å². The number of amidine groups is 1. The van der Waals surface area contributed by atoms with Gasteiger partial charge in [-0.25, -0.2) is 18.0 Å². The third-order valence-corrected chi connectivity index (χ3v) is 8.57. The Balaban J connectivity index is 0.000000540. The number of carboxylic acid groups (broad SMARTS) is 2. The number of rotatable bonds is 6. The first-order chi connectivity index (χ1) is 16.2. The molecule has 3 aromatic rings. The molecule has 14 heteroatoms.